The molecule has 2 rings (SSSR count). The molecule has 0 aliphatic rings. The van der Waals surface area contributed by atoms with Crippen molar-refractivity contribution in [2.45, 2.75) is 32.6 Å². The van der Waals surface area contributed by atoms with Gasteiger partial charge in [0, 0.05) is 19.6 Å². The Balaban J connectivity index is 2.25. The zero-order valence-corrected chi connectivity index (χ0v) is 12.7. The third-order valence-corrected chi connectivity index (χ3v) is 3.33. The topological polar surface area (TPSA) is 53.1 Å². The lowest BCUT2D eigenvalue weighted by molar-refractivity contribution is 0.201. The van der Waals surface area contributed by atoms with Crippen molar-refractivity contribution in [1.82, 2.24) is 9.78 Å². The van der Waals surface area contributed by atoms with Gasteiger partial charge in [-0.1, -0.05) is 32.9 Å². The zero-order chi connectivity index (χ0) is 14.8. The molecule has 0 fully saturated rings. The van der Waals surface area contributed by atoms with E-state index in [4.69, 9.17) is 10.5 Å². The summed E-state index contributed by atoms with van der Waals surface area (Å²) in [7, 11) is 1.69. The molecular weight excluding hydrogens is 250 g/mol. The van der Waals surface area contributed by atoms with E-state index in [1.807, 2.05) is 6.07 Å². The van der Waals surface area contributed by atoms with E-state index in [0.717, 1.165) is 17.8 Å². The van der Waals surface area contributed by atoms with Gasteiger partial charge in [-0.15, -0.1) is 0 Å². The molecule has 0 spiro atoms. The normalized spacial score (nSPS) is 11.8. The summed E-state index contributed by atoms with van der Waals surface area (Å²) < 4.78 is 6.84. The Bertz CT molecular complexity index is 564. The first-order valence-corrected chi connectivity index (χ1v) is 6.86. The van der Waals surface area contributed by atoms with Crippen molar-refractivity contribution in [3.8, 4) is 5.69 Å². The van der Waals surface area contributed by atoms with Gasteiger partial charge in [0.2, 0.25) is 0 Å². The smallest absolute Gasteiger partial charge is 0.127 e. The van der Waals surface area contributed by atoms with E-state index in [1.165, 1.54) is 5.56 Å². The highest BCUT2D eigenvalue weighted by Gasteiger charge is 2.14. The van der Waals surface area contributed by atoms with E-state index in [2.05, 4.69) is 50.1 Å². The average Bonchev–Trinajstić information content (AvgIpc) is 2.77. The van der Waals surface area contributed by atoms with E-state index < -0.39 is 0 Å². The van der Waals surface area contributed by atoms with Gasteiger partial charge in [-0.05, 0) is 23.1 Å². The van der Waals surface area contributed by atoms with Gasteiger partial charge in [0.05, 0.1) is 18.0 Å². The fraction of sp³-hybridized carbons (Fsp3) is 0.438. The van der Waals surface area contributed by atoms with Crippen LogP contribution >= 0.6 is 0 Å². The van der Waals surface area contributed by atoms with Crippen LogP contribution in [-0.4, -0.2) is 23.5 Å². The summed E-state index contributed by atoms with van der Waals surface area (Å²) in [5.74, 6) is 0.652. The van der Waals surface area contributed by atoms with Gasteiger partial charge in [0.1, 0.15) is 5.82 Å². The molecule has 0 amide bonds. The van der Waals surface area contributed by atoms with Crippen molar-refractivity contribution in [2.75, 3.05) is 19.5 Å². The third-order valence-electron chi connectivity index (χ3n) is 3.33. The maximum Gasteiger partial charge on any atom is 0.127 e. The van der Waals surface area contributed by atoms with Crippen LogP contribution in [0.4, 0.5) is 5.82 Å². The summed E-state index contributed by atoms with van der Waals surface area (Å²) in [5.41, 5.74) is 9.41. The highest BCUT2D eigenvalue weighted by atomic mass is 16.5. The summed E-state index contributed by atoms with van der Waals surface area (Å²) in [4.78, 5) is 0. The second-order valence-electron chi connectivity index (χ2n) is 6.01. The number of nitrogen functional groups attached to an aromatic ring is 1. The van der Waals surface area contributed by atoms with Gasteiger partial charge in [0.25, 0.3) is 0 Å². The molecule has 20 heavy (non-hydrogen) atoms. The average molecular weight is 273 g/mol. The Kier molecular flexibility index (Phi) is 4.14. The monoisotopic (exact) mass is 273 g/mol. The number of aromatic nitrogens is 2. The Morgan fingerprint density at radius 1 is 1.20 bits per heavy atom. The first kappa shape index (κ1) is 14.6. The minimum atomic E-state index is 0.151. The van der Waals surface area contributed by atoms with Crippen LogP contribution in [0.2, 0.25) is 0 Å². The predicted octanol–water partition coefficient (Wildman–Crippen LogP) is 2.94. The molecule has 0 aliphatic carbocycles. The highest BCUT2D eigenvalue weighted by Crippen LogP contribution is 2.24. The number of hydrogen-bond acceptors (Lipinski definition) is 3. The summed E-state index contributed by atoms with van der Waals surface area (Å²) in [5, 5.41) is 4.52. The Morgan fingerprint density at radius 2 is 1.85 bits per heavy atom. The fourth-order valence-electron chi connectivity index (χ4n) is 2.09. The van der Waals surface area contributed by atoms with Crippen LogP contribution < -0.4 is 5.73 Å². The number of hydrogen-bond donors (Lipinski definition) is 1. The number of nitrogens with zero attached hydrogens (tertiary/aromatic N) is 2. The Labute approximate surface area is 120 Å². The van der Waals surface area contributed by atoms with E-state index in [-0.39, 0.29) is 5.41 Å². The molecular formula is C16H23N3O. The molecule has 0 radical (unpaired) electrons. The van der Waals surface area contributed by atoms with Crippen molar-refractivity contribution in [3.05, 3.63) is 41.6 Å². The van der Waals surface area contributed by atoms with Gasteiger partial charge < -0.3 is 10.5 Å². The molecule has 2 aromatic rings. The second-order valence-corrected chi connectivity index (χ2v) is 6.01. The van der Waals surface area contributed by atoms with Crippen molar-refractivity contribution in [2.24, 2.45) is 0 Å². The highest BCUT2D eigenvalue weighted by molar-refractivity contribution is 5.44. The number of ether oxygens (including phenoxy) is 1. The predicted molar refractivity (Wildman–Crippen MR) is 82.3 cm³/mol. The Hall–Kier alpha value is -1.81. The van der Waals surface area contributed by atoms with Gasteiger partial charge in [-0.25, -0.2) is 4.68 Å². The summed E-state index contributed by atoms with van der Waals surface area (Å²) in [6, 6.07) is 10.3. The molecule has 0 aliphatic heterocycles. The van der Waals surface area contributed by atoms with Gasteiger partial charge >= 0.3 is 0 Å². The molecule has 0 atom stereocenters. The van der Waals surface area contributed by atoms with E-state index in [1.54, 1.807) is 11.8 Å². The molecule has 2 N–H and O–H groups in total. The standard InChI is InChI=1S/C16H23N3O/c1-16(2,3)12-5-7-14(8-6-12)19-15(17)11-13(18-19)9-10-20-4/h5-8,11H,9-10,17H2,1-4H3. The van der Waals surface area contributed by atoms with Crippen molar-refractivity contribution in [1.29, 1.82) is 0 Å². The maximum absolute atomic E-state index is 6.03. The molecule has 1 aromatic heterocycles. The summed E-state index contributed by atoms with van der Waals surface area (Å²) in [6.07, 6.45) is 0.772. The third kappa shape index (κ3) is 3.20. The van der Waals surface area contributed by atoms with Crippen LogP contribution in [0.5, 0.6) is 0 Å². The first-order valence-electron chi connectivity index (χ1n) is 6.86. The van der Waals surface area contributed by atoms with Gasteiger partial charge in [-0.3, -0.25) is 0 Å². The van der Waals surface area contributed by atoms with Crippen LogP contribution in [0.1, 0.15) is 32.0 Å². The molecule has 0 saturated carbocycles. The number of benzene rings is 1. The van der Waals surface area contributed by atoms with Gasteiger partial charge in [-0.2, -0.15) is 5.10 Å². The maximum atomic E-state index is 6.03. The molecule has 0 bridgehead atoms. The SMILES string of the molecule is COCCc1cc(N)n(-c2ccc(C(C)(C)C)cc2)n1. The number of anilines is 1. The van der Waals surface area contributed by atoms with Crippen LogP contribution in [0.3, 0.4) is 0 Å². The molecule has 108 valence electrons. The number of nitrogens with two attached hydrogens (primary N) is 1. The lowest BCUT2D eigenvalue weighted by Gasteiger charge is -2.19. The van der Waals surface area contributed by atoms with Crippen LogP contribution in [0.25, 0.3) is 5.69 Å². The van der Waals surface area contributed by atoms with Crippen molar-refractivity contribution in [3.63, 3.8) is 0 Å². The van der Waals surface area contributed by atoms with Crippen LogP contribution in [0.15, 0.2) is 30.3 Å². The minimum Gasteiger partial charge on any atom is -0.384 e. The quantitative estimate of drug-likeness (QED) is 0.931. The first-order chi connectivity index (χ1) is 9.41. The molecule has 0 saturated heterocycles. The fourth-order valence-corrected chi connectivity index (χ4v) is 2.09. The van der Waals surface area contributed by atoms with Crippen molar-refractivity contribution < 1.29 is 4.74 Å². The van der Waals surface area contributed by atoms with Crippen LogP contribution in [0, 0.1) is 0 Å². The lowest BCUT2D eigenvalue weighted by atomic mass is 9.87. The Morgan fingerprint density at radius 3 is 2.40 bits per heavy atom. The van der Waals surface area contributed by atoms with E-state index in [0.29, 0.717) is 12.4 Å². The van der Waals surface area contributed by atoms with E-state index >= 15 is 0 Å². The van der Waals surface area contributed by atoms with Gasteiger partial charge in [0.15, 0.2) is 0 Å². The lowest BCUT2D eigenvalue weighted by Crippen LogP contribution is -2.11. The largest absolute Gasteiger partial charge is 0.384 e. The van der Waals surface area contributed by atoms with Crippen LogP contribution in [-0.2, 0) is 16.6 Å². The molecule has 4 heteroatoms. The number of methoxy groups -OCH3 is 1. The minimum absolute atomic E-state index is 0.151. The molecule has 1 aromatic carbocycles. The number of rotatable bonds is 4. The summed E-state index contributed by atoms with van der Waals surface area (Å²) in [6.45, 7) is 7.26. The molecule has 1 heterocycles. The molecule has 0 unspecified atom stereocenters. The molecule has 4 nitrogen and oxygen atoms in total. The van der Waals surface area contributed by atoms with Crippen molar-refractivity contribution >= 4 is 5.82 Å². The summed E-state index contributed by atoms with van der Waals surface area (Å²) >= 11 is 0. The second kappa shape index (κ2) is 5.67. The zero-order valence-electron chi connectivity index (χ0n) is 12.7. The van der Waals surface area contributed by atoms with E-state index in [9.17, 15) is 0 Å².